The van der Waals surface area contributed by atoms with Crippen LogP contribution in [-0.4, -0.2) is 43.7 Å². The molecule has 0 N–H and O–H groups in total. The van der Waals surface area contributed by atoms with Gasteiger partial charge < -0.3 is 14.4 Å². The lowest BCUT2D eigenvalue weighted by Crippen LogP contribution is -2.50. The number of halogens is 1. The second kappa shape index (κ2) is 7.85. The number of ether oxygens (including phenoxy) is 2. The summed E-state index contributed by atoms with van der Waals surface area (Å²) in [7, 11) is 3.32. The largest absolute Gasteiger partial charge is 0.493 e. The van der Waals surface area contributed by atoms with Crippen LogP contribution >= 0.6 is 12.4 Å². The van der Waals surface area contributed by atoms with Gasteiger partial charge in [-0.3, -0.25) is 4.98 Å². The monoisotopic (exact) mass is 374 g/mol. The summed E-state index contributed by atoms with van der Waals surface area (Å²) in [6, 6.07) is 10.4. The number of benzene rings is 1. The van der Waals surface area contributed by atoms with E-state index in [1.54, 1.807) is 14.2 Å². The normalized spacial score (nSPS) is 24.5. The fourth-order valence-corrected chi connectivity index (χ4v) is 4.52. The lowest BCUT2D eigenvalue weighted by atomic mass is 9.69. The Bertz CT molecular complexity index is 738. The number of nitrogens with zero attached hydrogens (tertiary/aromatic N) is 2. The molecule has 2 fully saturated rings. The van der Waals surface area contributed by atoms with Crippen molar-refractivity contribution in [3.8, 4) is 22.8 Å². The summed E-state index contributed by atoms with van der Waals surface area (Å²) >= 11 is 0. The van der Waals surface area contributed by atoms with Gasteiger partial charge in [-0.1, -0.05) is 6.07 Å². The highest BCUT2D eigenvalue weighted by atomic mass is 35.5. The Kier molecular flexibility index (Phi) is 5.73. The van der Waals surface area contributed by atoms with Crippen LogP contribution in [0.3, 0.4) is 0 Å². The van der Waals surface area contributed by atoms with Crippen molar-refractivity contribution in [3.63, 3.8) is 0 Å². The van der Waals surface area contributed by atoms with Crippen molar-refractivity contribution >= 4 is 12.4 Å². The Labute approximate surface area is 161 Å². The molecule has 0 saturated carbocycles. The summed E-state index contributed by atoms with van der Waals surface area (Å²) in [6.07, 6.45) is 7.29. The van der Waals surface area contributed by atoms with E-state index in [0.717, 1.165) is 22.8 Å². The number of fused-ring (bicyclic) bond motifs is 2. The Morgan fingerprint density at radius 2 is 1.69 bits per heavy atom. The van der Waals surface area contributed by atoms with E-state index < -0.39 is 0 Å². The number of hydrogen-bond donors (Lipinski definition) is 0. The molecule has 0 atom stereocenters. The smallest absolute Gasteiger partial charge is 0.161 e. The zero-order valence-corrected chi connectivity index (χ0v) is 16.3. The number of pyridine rings is 1. The standard InChI is InChI=1S/C21H26N2O2.ClH/c1-24-19-8-5-16(13-20(19)25-2)18-7-6-17(14-22-18)21-9-3-11-23(15-21)12-4-10-21;/h5-8,13-14H,3-4,9-12,15H2,1-2H3;1H. The van der Waals surface area contributed by atoms with Gasteiger partial charge in [0, 0.05) is 23.7 Å². The predicted molar refractivity (Wildman–Crippen MR) is 107 cm³/mol. The average molecular weight is 375 g/mol. The maximum Gasteiger partial charge on any atom is 0.161 e. The molecule has 3 heterocycles. The van der Waals surface area contributed by atoms with Crippen LogP contribution in [0.4, 0.5) is 0 Å². The molecular formula is C21H27ClN2O2. The minimum absolute atomic E-state index is 0. The molecular weight excluding hydrogens is 348 g/mol. The highest BCUT2D eigenvalue weighted by Gasteiger charge is 2.39. The van der Waals surface area contributed by atoms with Crippen LogP contribution < -0.4 is 9.47 Å². The third-order valence-electron chi connectivity index (χ3n) is 5.84. The van der Waals surface area contributed by atoms with Crippen molar-refractivity contribution in [1.82, 2.24) is 9.88 Å². The second-order valence-corrected chi connectivity index (χ2v) is 7.27. The van der Waals surface area contributed by atoms with Crippen molar-refractivity contribution in [2.45, 2.75) is 31.1 Å². The minimum atomic E-state index is 0. The van der Waals surface area contributed by atoms with Gasteiger partial charge in [-0.2, -0.15) is 0 Å². The molecule has 1 aromatic carbocycles. The molecule has 0 spiro atoms. The van der Waals surface area contributed by atoms with Crippen LogP contribution in [0.1, 0.15) is 31.2 Å². The van der Waals surface area contributed by atoms with E-state index in [-0.39, 0.29) is 12.4 Å². The first-order valence-electron chi connectivity index (χ1n) is 9.15. The Morgan fingerprint density at radius 3 is 2.31 bits per heavy atom. The van der Waals surface area contributed by atoms with Crippen LogP contribution in [0.5, 0.6) is 11.5 Å². The van der Waals surface area contributed by atoms with Crippen molar-refractivity contribution < 1.29 is 9.47 Å². The number of piperidine rings is 2. The van der Waals surface area contributed by atoms with E-state index in [4.69, 9.17) is 14.5 Å². The highest BCUT2D eigenvalue weighted by Crippen LogP contribution is 2.41. The van der Waals surface area contributed by atoms with Crippen molar-refractivity contribution in [2.75, 3.05) is 33.9 Å². The molecule has 2 aliphatic rings. The van der Waals surface area contributed by atoms with Crippen LogP contribution in [0.15, 0.2) is 36.5 Å². The molecule has 2 saturated heterocycles. The van der Waals surface area contributed by atoms with E-state index in [9.17, 15) is 0 Å². The lowest BCUT2D eigenvalue weighted by molar-refractivity contribution is 0.0941. The van der Waals surface area contributed by atoms with Crippen molar-refractivity contribution in [3.05, 3.63) is 42.1 Å². The fourth-order valence-electron chi connectivity index (χ4n) is 4.52. The fraction of sp³-hybridized carbons (Fsp3) is 0.476. The molecule has 4 nitrogen and oxygen atoms in total. The number of methoxy groups -OCH3 is 2. The third kappa shape index (κ3) is 3.40. The van der Waals surface area contributed by atoms with Gasteiger partial charge in [-0.25, -0.2) is 0 Å². The van der Waals surface area contributed by atoms with E-state index in [1.807, 2.05) is 18.2 Å². The molecule has 140 valence electrons. The van der Waals surface area contributed by atoms with E-state index in [2.05, 4.69) is 23.2 Å². The molecule has 0 unspecified atom stereocenters. The Balaban J connectivity index is 0.00000196. The summed E-state index contributed by atoms with van der Waals surface area (Å²) in [5, 5.41) is 0. The molecule has 0 radical (unpaired) electrons. The number of rotatable bonds is 4. The Hall–Kier alpha value is -1.78. The van der Waals surface area contributed by atoms with Gasteiger partial charge in [-0.05, 0) is 68.6 Å². The number of hydrogen-bond acceptors (Lipinski definition) is 4. The lowest BCUT2D eigenvalue weighted by Gasteiger charge is -2.47. The van der Waals surface area contributed by atoms with Gasteiger partial charge in [0.1, 0.15) is 0 Å². The van der Waals surface area contributed by atoms with Gasteiger partial charge in [-0.15, -0.1) is 12.4 Å². The second-order valence-electron chi connectivity index (χ2n) is 7.27. The highest BCUT2D eigenvalue weighted by molar-refractivity contribution is 5.85. The van der Waals surface area contributed by atoms with Crippen LogP contribution in [-0.2, 0) is 5.41 Å². The molecule has 4 rings (SSSR count). The minimum Gasteiger partial charge on any atom is -0.493 e. The SMILES string of the molecule is COc1ccc(-c2ccc(C34CCCN(CCC3)C4)cn2)cc1OC.Cl. The Morgan fingerprint density at radius 1 is 0.962 bits per heavy atom. The average Bonchev–Trinajstić information content (AvgIpc) is 2.67. The van der Waals surface area contributed by atoms with Crippen LogP contribution in [0.25, 0.3) is 11.3 Å². The topological polar surface area (TPSA) is 34.6 Å². The van der Waals surface area contributed by atoms with Crippen LogP contribution in [0.2, 0.25) is 0 Å². The molecule has 2 bridgehead atoms. The van der Waals surface area contributed by atoms with Gasteiger partial charge in [0.2, 0.25) is 0 Å². The molecule has 1 aromatic heterocycles. The molecule has 26 heavy (non-hydrogen) atoms. The molecule has 0 aliphatic carbocycles. The van der Waals surface area contributed by atoms with Crippen molar-refractivity contribution in [1.29, 1.82) is 0 Å². The first kappa shape index (κ1) is 19.0. The molecule has 0 amide bonds. The quantitative estimate of drug-likeness (QED) is 0.798. The van der Waals surface area contributed by atoms with E-state index in [0.29, 0.717) is 5.41 Å². The predicted octanol–water partition coefficient (Wildman–Crippen LogP) is 4.32. The number of aromatic nitrogens is 1. The van der Waals surface area contributed by atoms with Gasteiger partial charge in [0.05, 0.1) is 19.9 Å². The van der Waals surface area contributed by atoms with E-state index in [1.165, 1.54) is 50.9 Å². The van der Waals surface area contributed by atoms with Crippen molar-refractivity contribution in [2.24, 2.45) is 0 Å². The first-order chi connectivity index (χ1) is 12.2. The molecule has 2 aliphatic heterocycles. The molecule has 2 aromatic rings. The zero-order valence-electron chi connectivity index (χ0n) is 15.5. The maximum atomic E-state index is 5.41. The summed E-state index contributed by atoms with van der Waals surface area (Å²) in [5.41, 5.74) is 3.75. The first-order valence-corrected chi connectivity index (χ1v) is 9.15. The van der Waals surface area contributed by atoms with Crippen LogP contribution in [0, 0.1) is 0 Å². The van der Waals surface area contributed by atoms with Gasteiger partial charge in [0.25, 0.3) is 0 Å². The van der Waals surface area contributed by atoms with Gasteiger partial charge >= 0.3 is 0 Å². The summed E-state index contributed by atoms with van der Waals surface area (Å²) in [5.74, 6) is 1.48. The summed E-state index contributed by atoms with van der Waals surface area (Å²) in [6.45, 7) is 3.72. The van der Waals surface area contributed by atoms with E-state index >= 15 is 0 Å². The summed E-state index contributed by atoms with van der Waals surface area (Å²) in [4.78, 5) is 7.40. The summed E-state index contributed by atoms with van der Waals surface area (Å²) < 4.78 is 10.7. The van der Waals surface area contributed by atoms with Gasteiger partial charge in [0.15, 0.2) is 11.5 Å². The molecule has 5 heteroatoms. The third-order valence-corrected chi connectivity index (χ3v) is 5.84. The maximum absolute atomic E-state index is 5.41. The zero-order chi connectivity index (χ0) is 17.3.